The van der Waals surface area contributed by atoms with Gasteiger partial charge in [-0.15, -0.1) is 36.2 Å². The highest BCUT2D eigenvalue weighted by Gasteiger charge is 2.14. The molecular formula is C17H24Cl2N6S. The van der Waals surface area contributed by atoms with Gasteiger partial charge in [0.1, 0.15) is 16.5 Å². The van der Waals surface area contributed by atoms with Crippen LogP contribution >= 0.6 is 36.2 Å². The monoisotopic (exact) mass is 414 g/mol. The number of aromatic nitrogens is 3. The lowest BCUT2D eigenvalue weighted by molar-refractivity contribution is 0.879. The number of hydrogen-bond donors (Lipinski definition) is 3. The van der Waals surface area contributed by atoms with Gasteiger partial charge in [0, 0.05) is 36.8 Å². The SMILES string of the molecule is Cc1sc2nc(CCN)nc(NCCNc3cccnc3)c2c1C.Cl.Cl. The van der Waals surface area contributed by atoms with Crippen molar-refractivity contribution in [2.75, 3.05) is 30.3 Å². The molecule has 0 saturated carbocycles. The minimum Gasteiger partial charge on any atom is -0.382 e. The lowest BCUT2D eigenvalue weighted by atomic mass is 10.2. The maximum Gasteiger partial charge on any atom is 0.138 e. The van der Waals surface area contributed by atoms with Gasteiger partial charge in [0.05, 0.1) is 11.1 Å². The van der Waals surface area contributed by atoms with E-state index >= 15 is 0 Å². The van der Waals surface area contributed by atoms with Gasteiger partial charge < -0.3 is 16.4 Å². The molecule has 0 bridgehead atoms. The standard InChI is InChI=1S/C17H22N6S.2ClH/c1-11-12(2)24-17-15(11)16(22-14(23-17)5-6-18)21-9-8-20-13-4-3-7-19-10-13;;/h3-4,7,10,20H,5-6,8-9,18H2,1-2H3,(H,21,22,23);2*1H. The average Bonchev–Trinajstić information content (AvgIpc) is 2.87. The summed E-state index contributed by atoms with van der Waals surface area (Å²) in [6.07, 6.45) is 4.27. The maximum absolute atomic E-state index is 5.66. The van der Waals surface area contributed by atoms with Crippen molar-refractivity contribution in [3.8, 4) is 0 Å². The summed E-state index contributed by atoms with van der Waals surface area (Å²) in [4.78, 5) is 15.7. The van der Waals surface area contributed by atoms with Gasteiger partial charge in [-0.05, 0) is 38.1 Å². The Kier molecular flexibility index (Phi) is 9.01. The summed E-state index contributed by atoms with van der Waals surface area (Å²) in [5.74, 6) is 1.70. The van der Waals surface area contributed by atoms with Gasteiger partial charge in [-0.25, -0.2) is 9.97 Å². The van der Waals surface area contributed by atoms with Crippen molar-refractivity contribution in [3.63, 3.8) is 0 Å². The van der Waals surface area contributed by atoms with Gasteiger partial charge in [0.25, 0.3) is 0 Å². The smallest absolute Gasteiger partial charge is 0.138 e. The summed E-state index contributed by atoms with van der Waals surface area (Å²) in [6.45, 7) is 6.34. The van der Waals surface area contributed by atoms with Crippen LogP contribution in [-0.2, 0) is 6.42 Å². The van der Waals surface area contributed by atoms with E-state index in [0.29, 0.717) is 13.0 Å². The van der Waals surface area contributed by atoms with Crippen molar-refractivity contribution in [1.29, 1.82) is 0 Å². The summed E-state index contributed by atoms with van der Waals surface area (Å²) >= 11 is 1.71. The predicted molar refractivity (Wildman–Crippen MR) is 115 cm³/mol. The van der Waals surface area contributed by atoms with E-state index in [-0.39, 0.29) is 24.8 Å². The Bertz CT molecular complexity index is 825. The number of pyridine rings is 1. The minimum absolute atomic E-state index is 0. The second-order valence-corrected chi connectivity index (χ2v) is 6.79. The molecule has 0 amide bonds. The highest BCUT2D eigenvalue weighted by molar-refractivity contribution is 7.18. The third-order valence-electron chi connectivity index (χ3n) is 3.85. The van der Waals surface area contributed by atoms with E-state index in [0.717, 1.165) is 40.6 Å². The normalized spacial score (nSPS) is 10.1. The lowest BCUT2D eigenvalue weighted by Gasteiger charge is -2.11. The fourth-order valence-electron chi connectivity index (χ4n) is 2.52. The predicted octanol–water partition coefficient (Wildman–Crippen LogP) is 3.57. The van der Waals surface area contributed by atoms with E-state index in [1.807, 2.05) is 18.3 Å². The number of fused-ring (bicyclic) bond motifs is 1. The zero-order chi connectivity index (χ0) is 16.9. The quantitative estimate of drug-likeness (QED) is 0.512. The molecule has 3 aromatic heterocycles. The van der Waals surface area contributed by atoms with Crippen LogP contribution in [0.3, 0.4) is 0 Å². The largest absolute Gasteiger partial charge is 0.382 e. The van der Waals surface area contributed by atoms with Gasteiger partial charge in [0.15, 0.2) is 0 Å². The van der Waals surface area contributed by atoms with Gasteiger partial charge in [-0.3, -0.25) is 4.98 Å². The van der Waals surface area contributed by atoms with Crippen LogP contribution in [0, 0.1) is 13.8 Å². The molecule has 0 saturated heterocycles. The molecule has 3 rings (SSSR count). The Balaban J connectivity index is 0.00000169. The molecule has 0 aliphatic rings. The number of halogens is 2. The second kappa shape index (κ2) is 10.5. The van der Waals surface area contributed by atoms with E-state index in [4.69, 9.17) is 5.73 Å². The second-order valence-electron chi connectivity index (χ2n) is 5.59. The number of rotatable bonds is 7. The molecule has 26 heavy (non-hydrogen) atoms. The van der Waals surface area contributed by atoms with E-state index < -0.39 is 0 Å². The zero-order valence-electron chi connectivity index (χ0n) is 14.8. The van der Waals surface area contributed by atoms with Crippen LogP contribution in [0.5, 0.6) is 0 Å². The number of nitrogens with one attached hydrogen (secondary N) is 2. The summed E-state index contributed by atoms with van der Waals surface area (Å²) in [5, 5.41) is 7.90. The molecule has 0 fully saturated rings. The number of nitrogens with zero attached hydrogens (tertiary/aromatic N) is 3. The van der Waals surface area contributed by atoms with Crippen LogP contribution in [0.25, 0.3) is 10.2 Å². The Morgan fingerprint density at radius 3 is 2.58 bits per heavy atom. The van der Waals surface area contributed by atoms with Crippen molar-refractivity contribution in [2.24, 2.45) is 5.73 Å². The molecule has 0 radical (unpaired) electrons. The Hall–Kier alpha value is -1.67. The molecule has 9 heteroatoms. The van der Waals surface area contributed by atoms with Crippen molar-refractivity contribution in [2.45, 2.75) is 20.3 Å². The van der Waals surface area contributed by atoms with E-state index in [2.05, 4.69) is 39.4 Å². The van der Waals surface area contributed by atoms with Gasteiger partial charge in [-0.2, -0.15) is 0 Å². The number of thiophene rings is 1. The van der Waals surface area contributed by atoms with Gasteiger partial charge >= 0.3 is 0 Å². The summed E-state index contributed by atoms with van der Waals surface area (Å²) < 4.78 is 0. The van der Waals surface area contributed by atoms with Gasteiger partial charge in [-0.1, -0.05) is 0 Å². The van der Waals surface area contributed by atoms with Crippen LogP contribution < -0.4 is 16.4 Å². The molecule has 0 unspecified atom stereocenters. The van der Waals surface area contributed by atoms with Crippen LogP contribution in [0.2, 0.25) is 0 Å². The molecule has 0 aromatic carbocycles. The van der Waals surface area contributed by atoms with Crippen molar-refractivity contribution >= 4 is 57.9 Å². The average molecular weight is 415 g/mol. The highest BCUT2D eigenvalue weighted by atomic mass is 35.5. The molecule has 0 aliphatic heterocycles. The number of anilines is 2. The lowest BCUT2D eigenvalue weighted by Crippen LogP contribution is -2.16. The van der Waals surface area contributed by atoms with Crippen LogP contribution in [0.1, 0.15) is 16.3 Å². The van der Waals surface area contributed by atoms with E-state index in [1.165, 1.54) is 10.4 Å². The molecule has 4 N–H and O–H groups in total. The number of hydrogen-bond acceptors (Lipinski definition) is 7. The van der Waals surface area contributed by atoms with Gasteiger partial charge in [0.2, 0.25) is 0 Å². The molecule has 0 atom stereocenters. The first-order chi connectivity index (χ1) is 11.7. The molecule has 0 spiro atoms. The molecular weight excluding hydrogens is 391 g/mol. The molecule has 0 aliphatic carbocycles. The molecule has 3 heterocycles. The summed E-state index contributed by atoms with van der Waals surface area (Å²) in [6, 6.07) is 3.92. The fraction of sp³-hybridized carbons (Fsp3) is 0.353. The zero-order valence-corrected chi connectivity index (χ0v) is 17.2. The van der Waals surface area contributed by atoms with Crippen molar-refractivity contribution in [1.82, 2.24) is 15.0 Å². The molecule has 142 valence electrons. The van der Waals surface area contributed by atoms with Crippen LogP contribution in [0.4, 0.5) is 11.5 Å². The first-order valence-electron chi connectivity index (χ1n) is 8.03. The maximum atomic E-state index is 5.66. The van der Waals surface area contributed by atoms with Crippen molar-refractivity contribution in [3.05, 3.63) is 40.8 Å². The van der Waals surface area contributed by atoms with Crippen LogP contribution in [0.15, 0.2) is 24.5 Å². The molecule has 6 nitrogen and oxygen atoms in total. The topological polar surface area (TPSA) is 88.8 Å². The number of nitrogens with two attached hydrogens (primary N) is 1. The fourth-order valence-corrected chi connectivity index (χ4v) is 3.57. The Labute approximate surface area is 169 Å². The van der Waals surface area contributed by atoms with E-state index in [9.17, 15) is 0 Å². The summed E-state index contributed by atoms with van der Waals surface area (Å²) in [5.41, 5.74) is 7.92. The van der Waals surface area contributed by atoms with Crippen LogP contribution in [-0.4, -0.2) is 34.6 Å². The first-order valence-corrected chi connectivity index (χ1v) is 8.85. The third kappa shape index (κ3) is 5.17. The minimum atomic E-state index is 0. The van der Waals surface area contributed by atoms with E-state index in [1.54, 1.807) is 17.5 Å². The number of aryl methyl sites for hydroxylation is 2. The van der Waals surface area contributed by atoms with Crippen molar-refractivity contribution < 1.29 is 0 Å². The Morgan fingerprint density at radius 1 is 1.12 bits per heavy atom. The Morgan fingerprint density at radius 2 is 1.88 bits per heavy atom. The third-order valence-corrected chi connectivity index (χ3v) is 4.95. The highest BCUT2D eigenvalue weighted by Crippen LogP contribution is 2.33. The first kappa shape index (κ1) is 22.4. The molecule has 3 aromatic rings. The summed E-state index contributed by atoms with van der Waals surface area (Å²) in [7, 11) is 0.